The molecule has 0 spiro atoms. The molecule has 1 aliphatic rings. The molecule has 3 nitrogen and oxygen atoms in total. The Kier molecular flexibility index (Phi) is 4.86. The molecular weight excluding hydrogens is 270 g/mol. The first-order chi connectivity index (χ1) is 9.41. The molecule has 1 aliphatic heterocycles. The smallest absolute Gasteiger partial charge is 0.175 e. The van der Waals surface area contributed by atoms with Gasteiger partial charge in [-0.2, -0.15) is 0 Å². The van der Waals surface area contributed by atoms with Crippen molar-refractivity contribution in [1.82, 2.24) is 4.90 Å². The number of sulfone groups is 1. The summed E-state index contributed by atoms with van der Waals surface area (Å²) >= 11 is 0. The van der Waals surface area contributed by atoms with Crippen LogP contribution in [0.5, 0.6) is 0 Å². The summed E-state index contributed by atoms with van der Waals surface area (Å²) in [6.07, 6.45) is 3.59. The molecule has 0 bridgehead atoms. The molecule has 0 aromatic heterocycles. The van der Waals surface area contributed by atoms with Crippen molar-refractivity contribution in [2.45, 2.75) is 37.5 Å². The lowest BCUT2D eigenvalue weighted by Crippen LogP contribution is -2.38. The van der Waals surface area contributed by atoms with Gasteiger partial charge in [0.05, 0.1) is 4.90 Å². The third kappa shape index (κ3) is 3.61. The first kappa shape index (κ1) is 15.5. The van der Waals surface area contributed by atoms with Gasteiger partial charge >= 0.3 is 0 Å². The molecule has 0 aliphatic carbocycles. The van der Waals surface area contributed by atoms with E-state index in [0.29, 0.717) is 16.7 Å². The average Bonchev–Trinajstić information content (AvgIpc) is 2.38. The van der Waals surface area contributed by atoms with Crippen LogP contribution in [0.25, 0.3) is 0 Å². The molecule has 0 N–H and O–H groups in total. The van der Waals surface area contributed by atoms with Gasteiger partial charge in [0, 0.05) is 12.8 Å². The lowest BCUT2D eigenvalue weighted by Gasteiger charge is -2.37. The van der Waals surface area contributed by atoms with Crippen LogP contribution >= 0.6 is 0 Å². The van der Waals surface area contributed by atoms with Crippen LogP contribution in [-0.2, 0) is 9.84 Å². The molecule has 1 saturated heterocycles. The van der Waals surface area contributed by atoms with Crippen LogP contribution in [-0.4, -0.2) is 39.2 Å². The minimum absolute atomic E-state index is 0.443. The lowest BCUT2D eigenvalue weighted by molar-refractivity contribution is 0.163. The van der Waals surface area contributed by atoms with Crippen molar-refractivity contribution < 1.29 is 8.42 Å². The number of hydrogen-bond donors (Lipinski definition) is 0. The molecule has 1 heterocycles. The zero-order chi connectivity index (χ0) is 14.8. The minimum Gasteiger partial charge on any atom is -0.303 e. The zero-order valence-electron chi connectivity index (χ0n) is 12.7. The van der Waals surface area contributed by atoms with Crippen LogP contribution in [0.1, 0.15) is 38.2 Å². The largest absolute Gasteiger partial charge is 0.303 e. The van der Waals surface area contributed by atoms with Gasteiger partial charge in [-0.05, 0) is 55.5 Å². The third-order valence-corrected chi connectivity index (χ3v) is 5.35. The van der Waals surface area contributed by atoms with E-state index >= 15 is 0 Å². The number of benzene rings is 1. The third-order valence-electron chi connectivity index (χ3n) is 4.24. The minimum atomic E-state index is -3.11. The van der Waals surface area contributed by atoms with Crippen molar-refractivity contribution in [2.24, 2.45) is 5.92 Å². The second-order valence-electron chi connectivity index (χ2n) is 6.02. The van der Waals surface area contributed by atoms with Crippen molar-refractivity contribution in [3.05, 3.63) is 29.8 Å². The Morgan fingerprint density at radius 3 is 2.70 bits per heavy atom. The molecule has 0 saturated carbocycles. The maximum Gasteiger partial charge on any atom is 0.175 e. The summed E-state index contributed by atoms with van der Waals surface area (Å²) in [5.74, 6) is 1.05. The van der Waals surface area contributed by atoms with Crippen LogP contribution in [0.15, 0.2) is 29.2 Å². The van der Waals surface area contributed by atoms with Gasteiger partial charge in [-0.15, -0.1) is 0 Å². The Labute approximate surface area is 122 Å². The molecule has 1 aromatic rings. The van der Waals surface area contributed by atoms with E-state index in [1.165, 1.54) is 24.8 Å². The molecule has 112 valence electrons. The Morgan fingerprint density at radius 1 is 1.35 bits per heavy atom. The molecule has 0 amide bonds. The molecule has 4 heteroatoms. The molecule has 0 radical (unpaired) electrons. The molecule has 20 heavy (non-hydrogen) atoms. The normalized spacial score (nSPS) is 24.8. The van der Waals surface area contributed by atoms with Gasteiger partial charge < -0.3 is 4.90 Å². The van der Waals surface area contributed by atoms with Crippen LogP contribution in [0.3, 0.4) is 0 Å². The first-order valence-electron chi connectivity index (χ1n) is 7.44. The predicted octanol–water partition coefficient (Wildman–Crippen LogP) is 2.93. The van der Waals surface area contributed by atoms with E-state index in [4.69, 9.17) is 0 Å². The zero-order valence-corrected chi connectivity index (χ0v) is 13.5. The van der Waals surface area contributed by atoms with Crippen molar-refractivity contribution in [3.63, 3.8) is 0 Å². The van der Waals surface area contributed by atoms with Gasteiger partial charge in [0.15, 0.2) is 9.84 Å². The molecule has 2 atom stereocenters. The standard InChI is InChI=1S/C16H25NO2S/c1-4-9-17-10-8-16(13(2)12-17)14-6-5-7-15(11-14)20(3,18)19/h5-7,11,13,16H,4,8-10,12H2,1-3H3/t13-,16+/m0/s1. The van der Waals surface area contributed by atoms with Gasteiger partial charge in [0.2, 0.25) is 0 Å². The highest BCUT2D eigenvalue weighted by Crippen LogP contribution is 2.33. The summed E-state index contributed by atoms with van der Waals surface area (Å²) in [5, 5.41) is 0. The number of likely N-dealkylation sites (tertiary alicyclic amines) is 1. The maximum atomic E-state index is 11.7. The van der Waals surface area contributed by atoms with Crippen molar-refractivity contribution in [2.75, 3.05) is 25.9 Å². The van der Waals surface area contributed by atoms with Crippen LogP contribution < -0.4 is 0 Å². The Hall–Kier alpha value is -0.870. The highest BCUT2D eigenvalue weighted by Gasteiger charge is 2.27. The Morgan fingerprint density at radius 2 is 2.10 bits per heavy atom. The first-order valence-corrected chi connectivity index (χ1v) is 9.33. The van der Waals surface area contributed by atoms with E-state index in [0.717, 1.165) is 19.5 Å². The summed E-state index contributed by atoms with van der Waals surface area (Å²) in [6, 6.07) is 7.50. The fourth-order valence-corrected chi connectivity index (χ4v) is 3.90. The number of piperidine rings is 1. The monoisotopic (exact) mass is 295 g/mol. The SMILES string of the molecule is CCCN1CC[C@@H](c2cccc(S(C)(=O)=O)c2)[C@@H](C)C1. The quantitative estimate of drug-likeness (QED) is 0.857. The lowest BCUT2D eigenvalue weighted by atomic mass is 9.81. The van der Waals surface area contributed by atoms with Gasteiger partial charge in [-0.1, -0.05) is 26.0 Å². The van der Waals surface area contributed by atoms with Gasteiger partial charge in [-0.25, -0.2) is 8.42 Å². The summed E-state index contributed by atoms with van der Waals surface area (Å²) in [7, 11) is -3.11. The molecule has 0 unspecified atom stereocenters. The second kappa shape index (κ2) is 6.27. The second-order valence-corrected chi connectivity index (χ2v) is 8.03. The predicted molar refractivity (Wildman–Crippen MR) is 82.8 cm³/mol. The maximum absolute atomic E-state index is 11.7. The summed E-state index contributed by atoms with van der Waals surface area (Å²) in [6.45, 7) is 7.89. The highest BCUT2D eigenvalue weighted by atomic mass is 32.2. The van der Waals surface area contributed by atoms with Crippen LogP contribution in [0, 0.1) is 5.92 Å². The van der Waals surface area contributed by atoms with Gasteiger partial charge in [0.25, 0.3) is 0 Å². The fourth-order valence-electron chi connectivity index (χ4n) is 3.22. The van der Waals surface area contributed by atoms with E-state index in [1.807, 2.05) is 12.1 Å². The number of nitrogens with zero attached hydrogens (tertiary/aromatic N) is 1. The van der Waals surface area contributed by atoms with Crippen molar-refractivity contribution in [3.8, 4) is 0 Å². The summed E-state index contributed by atoms with van der Waals surface area (Å²) < 4.78 is 23.4. The van der Waals surface area contributed by atoms with Gasteiger partial charge in [0.1, 0.15) is 0 Å². The van der Waals surface area contributed by atoms with E-state index in [9.17, 15) is 8.42 Å². The summed E-state index contributed by atoms with van der Waals surface area (Å²) in [4.78, 5) is 2.96. The van der Waals surface area contributed by atoms with Crippen molar-refractivity contribution in [1.29, 1.82) is 0 Å². The number of hydrogen-bond acceptors (Lipinski definition) is 3. The average molecular weight is 295 g/mol. The Bertz CT molecular complexity index is 553. The van der Waals surface area contributed by atoms with Crippen LogP contribution in [0.4, 0.5) is 0 Å². The van der Waals surface area contributed by atoms with E-state index < -0.39 is 9.84 Å². The Balaban J connectivity index is 2.17. The van der Waals surface area contributed by atoms with E-state index in [1.54, 1.807) is 6.07 Å². The van der Waals surface area contributed by atoms with Crippen molar-refractivity contribution >= 4 is 9.84 Å². The molecule has 1 aromatic carbocycles. The highest BCUT2D eigenvalue weighted by molar-refractivity contribution is 7.90. The summed E-state index contributed by atoms with van der Waals surface area (Å²) in [5.41, 5.74) is 1.18. The fraction of sp³-hybridized carbons (Fsp3) is 0.625. The topological polar surface area (TPSA) is 37.4 Å². The van der Waals surface area contributed by atoms with E-state index in [2.05, 4.69) is 24.8 Å². The molecule has 2 rings (SSSR count). The van der Waals surface area contributed by atoms with E-state index in [-0.39, 0.29) is 0 Å². The molecule has 1 fully saturated rings. The molecular formula is C16H25NO2S. The number of rotatable bonds is 4. The van der Waals surface area contributed by atoms with Crippen LogP contribution in [0.2, 0.25) is 0 Å². The van der Waals surface area contributed by atoms with Gasteiger partial charge in [-0.3, -0.25) is 0 Å².